The summed E-state index contributed by atoms with van der Waals surface area (Å²) in [6.07, 6.45) is 3.09. The van der Waals surface area contributed by atoms with Gasteiger partial charge < -0.3 is 5.32 Å². The number of hydrogen-bond acceptors (Lipinski definition) is 4. The van der Waals surface area contributed by atoms with Gasteiger partial charge in [0.2, 0.25) is 0 Å². The largest absolute Gasteiger partial charge is 0.337 e. The number of nitrogens with one attached hydrogen (secondary N) is 4. The molecule has 8 nitrogen and oxygen atoms in total. The lowest BCUT2D eigenvalue weighted by atomic mass is 10.1. The minimum atomic E-state index is -0.572. The summed E-state index contributed by atoms with van der Waals surface area (Å²) in [4.78, 5) is 27.5. The molecule has 0 aliphatic carbocycles. The fraction of sp³-hybridized carbons (Fsp3) is 0. The summed E-state index contributed by atoms with van der Waals surface area (Å²) >= 11 is 0. The first-order valence-corrected chi connectivity index (χ1v) is 7.10. The van der Waals surface area contributed by atoms with Crippen LogP contribution in [-0.2, 0) is 0 Å². The van der Waals surface area contributed by atoms with Crippen LogP contribution < -0.4 is 16.2 Å². The molecule has 0 atom stereocenters. The van der Waals surface area contributed by atoms with Crippen molar-refractivity contribution in [2.24, 2.45) is 0 Å². The van der Waals surface area contributed by atoms with Gasteiger partial charge in [-0.25, -0.2) is 10.2 Å². The molecule has 0 saturated carbocycles. The Bertz CT molecular complexity index is 832. The van der Waals surface area contributed by atoms with Gasteiger partial charge in [0.1, 0.15) is 5.69 Å². The predicted octanol–water partition coefficient (Wildman–Crippen LogP) is 1.94. The third-order valence-corrected chi connectivity index (χ3v) is 3.12. The maximum atomic E-state index is 12.0. The normalized spacial score (nSPS) is 10.0. The Hall–Kier alpha value is -3.68. The molecule has 0 unspecified atom stereocenters. The number of aromatic amines is 1. The maximum Gasteiger partial charge on any atom is 0.337 e. The van der Waals surface area contributed by atoms with Crippen molar-refractivity contribution >= 4 is 17.6 Å². The van der Waals surface area contributed by atoms with Crippen molar-refractivity contribution in [1.82, 2.24) is 26.0 Å². The van der Waals surface area contributed by atoms with Gasteiger partial charge in [-0.15, -0.1) is 0 Å². The van der Waals surface area contributed by atoms with E-state index in [-0.39, 0.29) is 5.69 Å². The molecular weight excluding hydrogens is 308 g/mol. The first-order valence-electron chi connectivity index (χ1n) is 7.10. The van der Waals surface area contributed by atoms with Crippen LogP contribution in [0.3, 0.4) is 0 Å². The summed E-state index contributed by atoms with van der Waals surface area (Å²) in [7, 11) is 0. The number of amides is 3. The smallest absolute Gasteiger partial charge is 0.306 e. The average molecular weight is 322 g/mol. The predicted molar refractivity (Wildman–Crippen MR) is 87.9 cm³/mol. The van der Waals surface area contributed by atoms with E-state index in [0.717, 1.165) is 5.56 Å². The number of nitrogens with zero attached hydrogens (tertiary/aromatic N) is 2. The molecule has 8 heteroatoms. The second kappa shape index (κ2) is 7.05. The number of anilines is 1. The van der Waals surface area contributed by atoms with Crippen LogP contribution in [0.2, 0.25) is 0 Å². The third kappa shape index (κ3) is 3.74. The standard InChI is InChI=1S/C16H14N6O2/c23-15(21-22-16(24)18-12-6-8-17-9-7-12)14-10-13(19-20-14)11-4-2-1-3-5-11/h1-10H,(H,19,20)(H,21,23)(H2,17,18,22,24). The Balaban J connectivity index is 1.56. The second-order valence-electron chi connectivity index (χ2n) is 4.80. The van der Waals surface area contributed by atoms with Crippen molar-refractivity contribution in [3.05, 3.63) is 66.6 Å². The zero-order chi connectivity index (χ0) is 16.8. The van der Waals surface area contributed by atoms with Gasteiger partial charge in [0.15, 0.2) is 0 Å². The van der Waals surface area contributed by atoms with E-state index < -0.39 is 11.9 Å². The number of pyridine rings is 1. The lowest BCUT2D eigenvalue weighted by Gasteiger charge is -2.07. The highest BCUT2D eigenvalue weighted by Crippen LogP contribution is 2.16. The third-order valence-electron chi connectivity index (χ3n) is 3.12. The lowest BCUT2D eigenvalue weighted by Crippen LogP contribution is -2.44. The van der Waals surface area contributed by atoms with Gasteiger partial charge in [0.25, 0.3) is 5.91 Å². The van der Waals surface area contributed by atoms with Gasteiger partial charge in [0, 0.05) is 23.6 Å². The molecular formula is C16H14N6O2. The average Bonchev–Trinajstić information content (AvgIpc) is 3.11. The Labute approximate surface area is 137 Å². The number of carbonyl (C=O) groups is 2. The molecule has 0 saturated heterocycles. The van der Waals surface area contributed by atoms with Crippen LogP contribution >= 0.6 is 0 Å². The molecule has 0 aliphatic rings. The number of hydrogen-bond donors (Lipinski definition) is 4. The molecule has 0 radical (unpaired) electrons. The molecule has 0 fully saturated rings. The van der Waals surface area contributed by atoms with E-state index in [0.29, 0.717) is 11.4 Å². The van der Waals surface area contributed by atoms with Crippen molar-refractivity contribution in [2.45, 2.75) is 0 Å². The van der Waals surface area contributed by atoms with Crippen molar-refractivity contribution in [1.29, 1.82) is 0 Å². The van der Waals surface area contributed by atoms with Crippen LogP contribution in [0.4, 0.5) is 10.5 Å². The number of rotatable bonds is 3. The number of hydrazine groups is 1. The van der Waals surface area contributed by atoms with Gasteiger partial charge in [-0.3, -0.25) is 20.3 Å². The Kier molecular flexibility index (Phi) is 4.47. The first-order chi connectivity index (χ1) is 11.7. The molecule has 3 rings (SSSR count). The summed E-state index contributed by atoms with van der Waals surface area (Å²) in [6.45, 7) is 0. The van der Waals surface area contributed by atoms with E-state index in [9.17, 15) is 9.59 Å². The molecule has 2 aromatic heterocycles. The number of aromatic nitrogens is 3. The van der Waals surface area contributed by atoms with Crippen molar-refractivity contribution in [3.63, 3.8) is 0 Å². The van der Waals surface area contributed by atoms with Crippen molar-refractivity contribution in [3.8, 4) is 11.3 Å². The first kappa shape index (κ1) is 15.2. The van der Waals surface area contributed by atoms with Gasteiger partial charge in [-0.05, 0) is 18.2 Å². The monoisotopic (exact) mass is 322 g/mol. The summed E-state index contributed by atoms with van der Waals surface area (Å²) in [6, 6.07) is 13.7. The Morgan fingerprint density at radius 1 is 0.958 bits per heavy atom. The minimum absolute atomic E-state index is 0.234. The second-order valence-corrected chi connectivity index (χ2v) is 4.80. The van der Waals surface area contributed by atoms with E-state index in [1.54, 1.807) is 30.6 Å². The van der Waals surface area contributed by atoms with E-state index in [1.807, 2.05) is 30.3 Å². The fourth-order valence-electron chi connectivity index (χ4n) is 1.97. The number of H-pyrrole nitrogens is 1. The maximum absolute atomic E-state index is 12.0. The van der Waals surface area contributed by atoms with E-state index >= 15 is 0 Å². The summed E-state index contributed by atoms with van der Waals surface area (Å²) in [5.74, 6) is -0.505. The number of urea groups is 1. The SMILES string of the molecule is O=C(NNC(=O)c1cc(-c2ccccc2)n[nH]1)Nc1ccncc1. The quantitative estimate of drug-likeness (QED) is 0.552. The van der Waals surface area contributed by atoms with Gasteiger partial charge in [-0.2, -0.15) is 5.10 Å². The van der Waals surface area contributed by atoms with Crippen LogP contribution in [0, 0.1) is 0 Å². The summed E-state index contributed by atoms with van der Waals surface area (Å²) in [5, 5.41) is 9.27. The van der Waals surface area contributed by atoms with E-state index in [4.69, 9.17) is 0 Å². The Morgan fingerprint density at radius 2 is 1.71 bits per heavy atom. The Morgan fingerprint density at radius 3 is 2.46 bits per heavy atom. The molecule has 0 bridgehead atoms. The molecule has 1 aromatic carbocycles. The number of benzene rings is 1. The highest BCUT2D eigenvalue weighted by Gasteiger charge is 2.11. The molecule has 3 aromatic rings. The van der Waals surface area contributed by atoms with Crippen LogP contribution in [-0.4, -0.2) is 27.1 Å². The summed E-state index contributed by atoms with van der Waals surface area (Å²) in [5.41, 5.74) is 6.88. The molecule has 2 heterocycles. The highest BCUT2D eigenvalue weighted by atomic mass is 16.2. The fourth-order valence-corrected chi connectivity index (χ4v) is 1.97. The zero-order valence-corrected chi connectivity index (χ0v) is 12.5. The minimum Gasteiger partial charge on any atom is -0.306 e. The molecule has 24 heavy (non-hydrogen) atoms. The summed E-state index contributed by atoms with van der Waals surface area (Å²) < 4.78 is 0. The zero-order valence-electron chi connectivity index (χ0n) is 12.5. The van der Waals surface area contributed by atoms with Crippen LogP contribution in [0.1, 0.15) is 10.5 Å². The lowest BCUT2D eigenvalue weighted by molar-refractivity contribution is 0.0933. The van der Waals surface area contributed by atoms with Crippen LogP contribution in [0.5, 0.6) is 0 Å². The molecule has 3 amide bonds. The molecule has 0 aliphatic heterocycles. The van der Waals surface area contributed by atoms with Crippen LogP contribution in [0.15, 0.2) is 60.9 Å². The highest BCUT2D eigenvalue weighted by molar-refractivity contribution is 5.96. The number of carbonyl (C=O) groups excluding carboxylic acids is 2. The van der Waals surface area contributed by atoms with Gasteiger partial charge in [-0.1, -0.05) is 30.3 Å². The van der Waals surface area contributed by atoms with E-state index in [1.165, 1.54) is 0 Å². The van der Waals surface area contributed by atoms with Crippen LogP contribution in [0.25, 0.3) is 11.3 Å². The van der Waals surface area contributed by atoms with Crippen molar-refractivity contribution < 1.29 is 9.59 Å². The van der Waals surface area contributed by atoms with E-state index in [2.05, 4.69) is 31.3 Å². The van der Waals surface area contributed by atoms with Gasteiger partial charge in [0.05, 0.1) is 5.69 Å². The molecule has 0 spiro atoms. The molecule has 4 N–H and O–H groups in total. The molecule has 120 valence electrons. The topological polar surface area (TPSA) is 112 Å². The van der Waals surface area contributed by atoms with Gasteiger partial charge >= 0.3 is 6.03 Å². The van der Waals surface area contributed by atoms with Crippen molar-refractivity contribution in [2.75, 3.05) is 5.32 Å².